The summed E-state index contributed by atoms with van der Waals surface area (Å²) >= 11 is 6.38. The molecule has 0 saturated carbocycles. The van der Waals surface area contributed by atoms with Gasteiger partial charge in [0.05, 0.1) is 5.92 Å². The number of alkyl halides is 1. The van der Waals surface area contributed by atoms with Crippen molar-refractivity contribution in [3.63, 3.8) is 0 Å². The maximum atomic E-state index is 11.1. The highest BCUT2D eigenvalue weighted by Gasteiger charge is 2.14. The van der Waals surface area contributed by atoms with Crippen LogP contribution in [0.4, 0.5) is 0 Å². The SMILES string of the molecule is C[C@@H](C(=O)Br)c1ccccc1CBr. The van der Waals surface area contributed by atoms with Crippen molar-refractivity contribution in [1.29, 1.82) is 0 Å². The predicted molar refractivity (Wildman–Crippen MR) is 61.4 cm³/mol. The van der Waals surface area contributed by atoms with E-state index in [9.17, 15) is 4.79 Å². The molecule has 0 saturated heterocycles. The zero-order valence-electron chi connectivity index (χ0n) is 7.26. The van der Waals surface area contributed by atoms with Crippen LogP contribution >= 0.6 is 31.9 Å². The van der Waals surface area contributed by atoms with Crippen LogP contribution in [-0.4, -0.2) is 4.69 Å². The Kier molecular flexibility index (Phi) is 4.13. The number of hydrogen-bond acceptors (Lipinski definition) is 1. The molecule has 70 valence electrons. The third-order valence-electron chi connectivity index (χ3n) is 2.01. The average molecular weight is 306 g/mol. The maximum Gasteiger partial charge on any atom is 0.204 e. The smallest absolute Gasteiger partial charge is 0.204 e. The molecule has 13 heavy (non-hydrogen) atoms. The van der Waals surface area contributed by atoms with E-state index < -0.39 is 0 Å². The number of halogens is 2. The van der Waals surface area contributed by atoms with Crippen LogP contribution in [0.5, 0.6) is 0 Å². The number of rotatable bonds is 3. The summed E-state index contributed by atoms with van der Waals surface area (Å²) in [5.74, 6) is -0.0752. The van der Waals surface area contributed by atoms with Gasteiger partial charge in [-0.2, -0.15) is 0 Å². The number of hydrogen-bond donors (Lipinski definition) is 0. The van der Waals surface area contributed by atoms with Gasteiger partial charge in [0.2, 0.25) is 4.69 Å². The molecular weight excluding hydrogens is 296 g/mol. The Morgan fingerprint density at radius 1 is 1.46 bits per heavy atom. The number of carbonyl (C=O) groups is 1. The van der Waals surface area contributed by atoms with Crippen molar-refractivity contribution in [1.82, 2.24) is 0 Å². The fraction of sp³-hybridized carbons (Fsp3) is 0.300. The molecule has 1 aromatic carbocycles. The van der Waals surface area contributed by atoms with Crippen molar-refractivity contribution in [2.45, 2.75) is 18.2 Å². The molecule has 1 rings (SSSR count). The van der Waals surface area contributed by atoms with Crippen molar-refractivity contribution < 1.29 is 4.79 Å². The largest absolute Gasteiger partial charge is 0.286 e. The molecule has 0 amide bonds. The monoisotopic (exact) mass is 304 g/mol. The minimum Gasteiger partial charge on any atom is -0.286 e. The summed E-state index contributed by atoms with van der Waals surface area (Å²) in [6.45, 7) is 1.90. The van der Waals surface area contributed by atoms with Crippen molar-refractivity contribution >= 4 is 36.6 Å². The Labute approximate surface area is 94.8 Å². The van der Waals surface area contributed by atoms with Gasteiger partial charge < -0.3 is 0 Å². The fourth-order valence-corrected chi connectivity index (χ4v) is 1.96. The first kappa shape index (κ1) is 10.9. The molecule has 0 aliphatic heterocycles. The first-order chi connectivity index (χ1) is 6.16. The van der Waals surface area contributed by atoms with E-state index in [1.54, 1.807) is 0 Å². The minimum absolute atomic E-state index is 0.0286. The lowest BCUT2D eigenvalue weighted by Gasteiger charge is -2.10. The van der Waals surface area contributed by atoms with Gasteiger partial charge in [-0.3, -0.25) is 4.79 Å². The molecule has 0 aliphatic carbocycles. The van der Waals surface area contributed by atoms with Crippen LogP contribution < -0.4 is 0 Å². The number of carbonyl (C=O) groups excluding carboxylic acids is 1. The van der Waals surface area contributed by atoms with Crippen molar-refractivity contribution in [2.24, 2.45) is 0 Å². The van der Waals surface area contributed by atoms with Gasteiger partial charge in [0.1, 0.15) is 0 Å². The van der Waals surface area contributed by atoms with Crippen LogP contribution in [0.1, 0.15) is 24.0 Å². The van der Waals surface area contributed by atoms with Gasteiger partial charge in [0.15, 0.2) is 0 Å². The molecular formula is C10H10Br2O. The second kappa shape index (κ2) is 4.91. The molecule has 0 aromatic heterocycles. The molecule has 0 radical (unpaired) electrons. The highest BCUT2D eigenvalue weighted by Crippen LogP contribution is 2.24. The van der Waals surface area contributed by atoms with Gasteiger partial charge in [0, 0.05) is 5.33 Å². The topological polar surface area (TPSA) is 17.1 Å². The minimum atomic E-state index is -0.0752. The van der Waals surface area contributed by atoms with E-state index in [1.165, 1.54) is 5.56 Å². The van der Waals surface area contributed by atoms with Crippen LogP contribution in [0.2, 0.25) is 0 Å². The first-order valence-electron chi connectivity index (χ1n) is 4.00. The summed E-state index contributed by atoms with van der Waals surface area (Å²) in [5, 5.41) is 0.786. The molecule has 0 N–H and O–H groups in total. The zero-order valence-corrected chi connectivity index (χ0v) is 10.4. The standard InChI is InChI=1S/C10H10Br2O/c1-7(10(12)13)9-5-3-2-4-8(9)6-11/h2-5,7H,6H2,1H3/t7-/m1/s1. The Morgan fingerprint density at radius 3 is 2.62 bits per heavy atom. The molecule has 0 unspecified atom stereocenters. The molecule has 1 nitrogen and oxygen atoms in total. The predicted octanol–water partition coefficient (Wildman–Crippen LogP) is 3.61. The van der Waals surface area contributed by atoms with Gasteiger partial charge in [-0.05, 0) is 27.1 Å². The van der Waals surface area contributed by atoms with Crippen LogP contribution in [0.25, 0.3) is 0 Å². The second-order valence-electron chi connectivity index (χ2n) is 2.86. The Bertz CT molecular complexity index is 310. The van der Waals surface area contributed by atoms with E-state index in [0.717, 1.165) is 10.9 Å². The van der Waals surface area contributed by atoms with E-state index in [-0.39, 0.29) is 10.6 Å². The third kappa shape index (κ3) is 2.64. The lowest BCUT2D eigenvalue weighted by atomic mass is 9.98. The van der Waals surface area contributed by atoms with E-state index in [2.05, 4.69) is 31.9 Å². The summed E-state index contributed by atoms with van der Waals surface area (Å²) in [6, 6.07) is 7.94. The summed E-state index contributed by atoms with van der Waals surface area (Å²) in [7, 11) is 0. The van der Waals surface area contributed by atoms with Crippen molar-refractivity contribution in [2.75, 3.05) is 0 Å². The van der Waals surface area contributed by atoms with Crippen molar-refractivity contribution in [3.8, 4) is 0 Å². The summed E-state index contributed by atoms with van der Waals surface area (Å²) in [4.78, 5) is 11.1. The summed E-state index contributed by atoms with van der Waals surface area (Å²) in [6.07, 6.45) is 0. The molecule has 0 bridgehead atoms. The molecule has 1 aromatic rings. The summed E-state index contributed by atoms with van der Waals surface area (Å²) in [5.41, 5.74) is 2.25. The van der Waals surface area contributed by atoms with E-state index in [1.807, 2.05) is 31.2 Å². The highest BCUT2D eigenvalue weighted by molar-refractivity contribution is 9.18. The van der Waals surface area contributed by atoms with Crippen LogP contribution in [0.3, 0.4) is 0 Å². The van der Waals surface area contributed by atoms with Gasteiger partial charge in [0.25, 0.3) is 0 Å². The van der Waals surface area contributed by atoms with Gasteiger partial charge >= 0.3 is 0 Å². The average Bonchev–Trinajstić information content (AvgIpc) is 2.16. The molecule has 3 heteroatoms. The molecule has 0 aliphatic rings. The normalized spacial score (nSPS) is 12.5. The highest BCUT2D eigenvalue weighted by atomic mass is 79.9. The Hall–Kier alpha value is -0.150. The van der Waals surface area contributed by atoms with E-state index in [0.29, 0.717) is 0 Å². The van der Waals surface area contributed by atoms with Crippen LogP contribution in [0, 0.1) is 0 Å². The second-order valence-corrected chi connectivity index (χ2v) is 4.20. The molecule has 0 heterocycles. The lowest BCUT2D eigenvalue weighted by molar-refractivity contribution is -0.111. The number of benzene rings is 1. The first-order valence-corrected chi connectivity index (χ1v) is 5.91. The van der Waals surface area contributed by atoms with Gasteiger partial charge in [-0.25, -0.2) is 0 Å². The van der Waals surface area contributed by atoms with Gasteiger partial charge in [-0.1, -0.05) is 47.1 Å². The van der Waals surface area contributed by atoms with Crippen LogP contribution in [0.15, 0.2) is 24.3 Å². The maximum absolute atomic E-state index is 11.1. The fourth-order valence-electron chi connectivity index (χ4n) is 1.20. The van der Waals surface area contributed by atoms with E-state index >= 15 is 0 Å². The molecule has 1 atom stereocenters. The van der Waals surface area contributed by atoms with Gasteiger partial charge in [-0.15, -0.1) is 0 Å². The van der Waals surface area contributed by atoms with Crippen molar-refractivity contribution in [3.05, 3.63) is 35.4 Å². The van der Waals surface area contributed by atoms with E-state index in [4.69, 9.17) is 0 Å². The lowest BCUT2D eigenvalue weighted by Crippen LogP contribution is -2.03. The molecule has 0 spiro atoms. The Morgan fingerprint density at radius 2 is 2.08 bits per heavy atom. The molecule has 0 fully saturated rings. The zero-order chi connectivity index (χ0) is 9.84. The summed E-state index contributed by atoms with van der Waals surface area (Å²) < 4.78 is 0.0286. The quantitative estimate of drug-likeness (QED) is 0.616. The Balaban J connectivity index is 3.05. The van der Waals surface area contributed by atoms with Crippen LogP contribution in [-0.2, 0) is 10.1 Å². The third-order valence-corrected chi connectivity index (χ3v) is 3.30.